The van der Waals surface area contributed by atoms with Crippen LogP contribution in [-0.4, -0.2) is 59.5 Å². The number of carboxylic acid groups (broad SMARTS) is 1. The molecule has 0 aromatic heterocycles. The van der Waals surface area contributed by atoms with Crippen LogP contribution in [0.1, 0.15) is 45.6 Å². The molecule has 1 fully saturated rings. The number of amides is 3. The van der Waals surface area contributed by atoms with E-state index in [1.807, 2.05) is 37.3 Å². The van der Waals surface area contributed by atoms with Crippen LogP contribution in [0.25, 0.3) is 0 Å². The summed E-state index contributed by atoms with van der Waals surface area (Å²) in [6.45, 7) is 5.83. The number of rotatable bonds is 11. The lowest BCUT2D eigenvalue weighted by Gasteiger charge is -2.25. The van der Waals surface area contributed by atoms with Gasteiger partial charge in [0.1, 0.15) is 18.1 Å². The molecule has 0 aliphatic carbocycles. The second kappa shape index (κ2) is 12.2. The number of carboxylic acids is 1. The Morgan fingerprint density at radius 3 is 2.31 bits per heavy atom. The summed E-state index contributed by atoms with van der Waals surface area (Å²) in [5.41, 5.74) is 0.868. The number of carbonyl (C=O) groups is 4. The molecule has 1 aromatic rings. The molecular formula is C23H34N4O5. The first kappa shape index (κ1) is 25.3. The monoisotopic (exact) mass is 446 g/mol. The summed E-state index contributed by atoms with van der Waals surface area (Å²) in [6.07, 6.45) is 2.45. The van der Waals surface area contributed by atoms with E-state index in [0.717, 1.165) is 18.5 Å². The highest BCUT2D eigenvalue weighted by Gasteiger charge is 2.31. The molecule has 1 saturated heterocycles. The first-order chi connectivity index (χ1) is 15.2. The van der Waals surface area contributed by atoms with Crippen molar-refractivity contribution >= 4 is 23.7 Å². The highest BCUT2D eigenvalue weighted by molar-refractivity contribution is 5.94. The molecule has 2 rings (SSSR count). The van der Waals surface area contributed by atoms with Crippen molar-refractivity contribution in [1.82, 2.24) is 21.3 Å². The Kier molecular flexibility index (Phi) is 9.64. The standard InChI is InChI=1S/C23H34N4O5/c1-4-14(2)19(23(31)32)27-20(28)15(3)25-22(30)18(13-16-9-6-5-7-10-16)26-21(29)17-11-8-12-24-17/h5-7,9-10,14-15,17-19,24H,4,8,11-13H2,1-3H3,(H,25,30)(H,26,29)(H,27,28)(H,31,32). The summed E-state index contributed by atoms with van der Waals surface area (Å²) < 4.78 is 0. The Hall–Kier alpha value is -2.94. The largest absolute Gasteiger partial charge is 0.480 e. The van der Waals surface area contributed by atoms with Crippen LogP contribution in [-0.2, 0) is 25.6 Å². The summed E-state index contributed by atoms with van der Waals surface area (Å²) in [4.78, 5) is 49.6. The van der Waals surface area contributed by atoms with Crippen LogP contribution in [0, 0.1) is 5.92 Å². The van der Waals surface area contributed by atoms with Crippen LogP contribution >= 0.6 is 0 Å². The van der Waals surface area contributed by atoms with Gasteiger partial charge in [0.25, 0.3) is 0 Å². The van der Waals surface area contributed by atoms with Crippen molar-refractivity contribution in [2.24, 2.45) is 5.92 Å². The van der Waals surface area contributed by atoms with Crippen LogP contribution in [0.3, 0.4) is 0 Å². The van der Waals surface area contributed by atoms with Crippen molar-refractivity contribution in [2.75, 3.05) is 6.54 Å². The third-order valence-electron chi connectivity index (χ3n) is 5.82. The number of aliphatic carboxylic acids is 1. The summed E-state index contributed by atoms with van der Waals surface area (Å²) in [5.74, 6) is -2.72. The molecule has 0 radical (unpaired) electrons. The van der Waals surface area contributed by atoms with Gasteiger partial charge in [0, 0.05) is 6.42 Å². The fourth-order valence-corrected chi connectivity index (χ4v) is 3.58. The predicted molar refractivity (Wildman–Crippen MR) is 120 cm³/mol. The average molecular weight is 447 g/mol. The Balaban J connectivity index is 2.05. The SMILES string of the molecule is CCC(C)C(NC(=O)C(C)NC(=O)C(Cc1ccccc1)NC(=O)C1CCCN1)C(=O)O. The second-order valence-corrected chi connectivity index (χ2v) is 8.34. The summed E-state index contributed by atoms with van der Waals surface area (Å²) in [5, 5.41) is 20.4. The zero-order valence-corrected chi connectivity index (χ0v) is 18.9. The average Bonchev–Trinajstić information content (AvgIpc) is 3.31. The summed E-state index contributed by atoms with van der Waals surface area (Å²) >= 11 is 0. The second-order valence-electron chi connectivity index (χ2n) is 8.34. The van der Waals surface area contributed by atoms with Crippen LogP contribution in [0.4, 0.5) is 0 Å². The van der Waals surface area contributed by atoms with Crippen LogP contribution in [0.15, 0.2) is 30.3 Å². The van der Waals surface area contributed by atoms with E-state index in [1.165, 1.54) is 6.92 Å². The van der Waals surface area contributed by atoms with Gasteiger partial charge < -0.3 is 26.4 Å². The zero-order chi connectivity index (χ0) is 23.7. The van der Waals surface area contributed by atoms with Gasteiger partial charge in [0.05, 0.1) is 6.04 Å². The highest BCUT2D eigenvalue weighted by atomic mass is 16.4. The van der Waals surface area contributed by atoms with Crippen molar-refractivity contribution in [3.05, 3.63) is 35.9 Å². The lowest BCUT2D eigenvalue weighted by Crippen LogP contribution is -2.57. The van der Waals surface area contributed by atoms with E-state index >= 15 is 0 Å². The molecule has 176 valence electrons. The first-order valence-corrected chi connectivity index (χ1v) is 11.1. The van der Waals surface area contributed by atoms with Crippen molar-refractivity contribution in [1.29, 1.82) is 0 Å². The van der Waals surface area contributed by atoms with Gasteiger partial charge in [0.15, 0.2) is 0 Å². The fraction of sp³-hybridized carbons (Fsp3) is 0.565. The van der Waals surface area contributed by atoms with Gasteiger partial charge in [-0.25, -0.2) is 4.79 Å². The van der Waals surface area contributed by atoms with Gasteiger partial charge in [-0.15, -0.1) is 0 Å². The van der Waals surface area contributed by atoms with E-state index in [9.17, 15) is 24.3 Å². The number of carbonyl (C=O) groups excluding carboxylic acids is 3. The topological polar surface area (TPSA) is 137 Å². The summed E-state index contributed by atoms with van der Waals surface area (Å²) in [6, 6.07) is 6.07. The Morgan fingerprint density at radius 2 is 1.75 bits per heavy atom. The lowest BCUT2D eigenvalue weighted by atomic mass is 9.99. The fourth-order valence-electron chi connectivity index (χ4n) is 3.58. The molecule has 1 heterocycles. The third kappa shape index (κ3) is 7.33. The number of hydrogen-bond acceptors (Lipinski definition) is 5. The Bertz CT molecular complexity index is 795. The van der Waals surface area contributed by atoms with E-state index in [4.69, 9.17) is 0 Å². The van der Waals surface area contributed by atoms with Gasteiger partial charge in [-0.1, -0.05) is 50.6 Å². The Morgan fingerprint density at radius 1 is 1.06 bits per heavy atom. The Labute approximate surface area is 188 Å². The number of nitrogens with one attached hydrogen (secondary N) is 4. The third-order valence-corrected chi connectivity index (χ3v) is 5.82. The van der Waals surface area contributed by atoms with Gasteiger partial charge in [-0.05, 0) is 37.8 Å². The molecule has 5 unspecified atom stereocenters. The molecule has 0 saturated carbocycles. The van der Waals surface area contributed by atoms with Crippen LogP contribution in [0.5, 0.6) is 0 Å². The minimum absolute atomic E-state index is 0.251. The maximum Gasteiger partial charge on any atom is 0.326 e. The molecular weight excluding hydrogens is 412 g/mol. The molecule has 3 amide bonds. The minimum atomic E-state index is -1.12. The predicted octanol–water partition coefficient (Wildman–Crippen LogP) is 0.586. The number of hydrogen-bond donors (Lipinski definition) is 5. The quantitative estimate of drug-likeness (QED) is 0.337. The van der Waals surface area contributed by atoms with Gasteiger partial charge in [-0.3, -0.25) is 14.4 Å². The summed E-state index contributed by atoms with van der Waals surface area (Å²) in [7, 11) is 0. The van der Waals surface area contributed by atoms with Crippen molar-refractivity contribution in [3.63, 3.8) is 0 Å². The normalized spacial score (nSPS) is 19.3. The van der Waals surface area contributed by atoms with E-state index in [2.05, 4.69) is 21.3 Å². The van der Waals surface area contributed by atoms with Crippen molar-refractivity contribution in [2.45, 2.75) is 70.6 Å². The van der Waals surface area contributed by atoms with E-state index < -0.39 is 35.9 Å². The molecule has 5 atom stereocenters. The molecule has 1 aliphatic heterocycles. The smallest absolute Gasteiger partial charge is 0.326 e. The van der Waals surface area contributed by atoms with E-state index in [0.29, 0.717) is 12.8 Å². The molecule has 32 heavy (non-hydrogen) atoms. The highest BCUT2D eigenvalue weighted by Crippen LogP contribution is 2.10. The molecule has 9 nitrogen and oxygen atoms in total. The van der Waals surface area contributed by atoms with Gasteiger partial charge in [0.2, 0.25) is 17.7 Å². The first-order valence-electron chi connectivity index (χ1n) is 11.1. The minimum Gasteiger partial charge on any atom is -0.480 e. The molecule has 9 heteroatoms. The molecule has 1 aliphatic rings. The number of benzene rings is 1. The van der Waals surface area contributed by atoms with E-state index in [-0.39, 0.29) is 24.3 Å². The zero-order valence-electron chi connectivity index (χ0n) is 18.9. The van der Waals surface area contributed by atoms with Crippen LogP contribution < -0.4 is 21.3 Å². The van der Waals surface area contributed by atoms with Gasteiger partial charge >= 0.3 is 5.97 Å². The van der Waals surface area contributed by atoms with Crippen molar-refractivity contribution in [3.8, 4) is 0 Å². The maximum absolute atomic E-state index is 13.0. The van der Waals surface area contributed by atoms with Crippen molar-refractivity contribution < 1.29 is 24.3 Å². The molecule has 1 aromatic carbocycles. The molecule has 0 bridgehead atoms. The van der Waals surface area contributed by atoms with E-state index in [1.54, 1.807) is 6.92 Å². The lowest BCUT2D eigenvalue weighted by molar-refractivity contribution is -0.143. The molecule has 5 N–H and O–H groups in total. The van der Waals surface area contributed by atoms with Crippen LogP contribution in [0.2, 0.25) is 0 Å². The van der Waals surface area contributed by atoms with Gasteiger partial charge in [-0.2, -0.15) is 0 Å². The maximum atomic E-state index is 13.0. The molecule has 0 spiro atoms.